The fraction of sp³-hybridized carbons (Fsp3) is 0.0833. The summed E-state index contributed by atoms with van der Waals surface area (Å²) in [7, 11) is 0. The first-order chi connectivity index (χ1) is 8.08. The molecule has 1 N–H and O–H groups in total. The molecule has 0 unspecified atom stereocenters. The number of nitrogens with zero attached hydrogens (tertiary/aromatic N) is 2. The van der Waals surface area contributed by atoms with E-state index < -0.39 is 5.97 Å². The summed E-state index contributed by atoms with van der Waals surface area (Å²) in [6.07, 6.45) is 1.25. The molecule has 0 aliphatic carbocycles. The van der Waals surface area contributed by atoms with Gasteiger partial charge in [0, 0.05) is 11.8 Å². The highest BCUT2D eigenvalue weighted by molar-refractivity contribution is 5.88. The summed E-state index contributed by atoms with van der Waals surface area (Å²) in [6, 6.07) is 5.70. The van der Waals surface area contributed by atoms with E-state index in [1.54, 1.807) is 19.1 Å². The summed E-state index contributed by atoms with van der Waals surface area (Å²) in [5.41, 5.74) is 1.09. The Bertz CT molecular complexity index is 567. The number of rotatable bonds is 2. The third-order valence-electron chi connectivity index (χ3n) is 2.31. The second-order valence-electron chi connectivity index (χ2n) is 3.50. The van der Waals surface area contributed by atoms with Gasteiger partial charge in [-0.05, 0) is 31.2 Å². The summed E-state index contributed by atoms with van der Waals surface area (Å²) in [5, 5.41) is 8.83. The van der Waals surface area contributed by atoms with Gasteiger partial charge in [0.1, 0.15) is 5.82 Å². The molecule has 0 saturated heterocycles. The molecular formula is C12H9FN2O2. The smallest absolute Gasteiger partial charge is 0.339 e. The summed E-state index contributed by atoms with van der Waals surface area (Å²) < 4.78 is 12.7. The van der Waals surface area contributed by atoms with Crippen LogP contribution in [0, 0.1) is 12.7 Å². The van der Waals surface area contributed by atoms with E-state index in [2.05, 4.69) is 9.97 Å². The lowest BCUT2D eigenvalue weighted by Gasteiger charge is -2.03. The van der Waals surface area contributed by atoms with Gasteiger partial charge in [-0.3, -0.25) is 0 Å². The lowest BCUT2D eigenvalue weighted by molar-refractivity contribution is 0.0695. The quantitative estimate of drug-likeness (QED) is 0.862. The van der Waals surface area contributed by atoms with Gasteiger partial charge in [0.05, 0.1) is 11.3 Å². The number of carbonyl (C=O) groups is 1. The van der Waals surface area contributed by atoms with Gasteiger partial charge in [-0.15, -0.1) is 0 Å². The minimum Gasteiger partial charge on any atom is -0.478 e. The molecule has 1 aromatic heterocycles. The van der Waals surface area contributed by atoms with Crippen LogP contribution in [0.5, 0.6) is 0 Å². The van der Waals surface area contributed by atoms with Crippen LogP contribution in [0.2, 0.25) is 0 Å². The van der Waals surface area contributed by atoms with Crippen LogP contribution in [-0.4, -0.2) is 21.0 Å². The lowest BCUT2D eigenvalue weighted by atomic mass is 10.2. The number of aromatic carboxylic acids is 1. The van der Waals surface area contributed by atoms with E-state index in [1.807, 2.05) is 0 Å². The molecule has 2 rings (SSSR count). The molecule has 0 saturated carbocycles. The van der Waals surface area contributed by atoms with E-state index in [9.17, 15) is 9.18 Å². The van der Waals surface area contributed by atoms with E-state index in [4.69, 9.17) is 5.11 Å². The van der Waals surface area contributed by atoms with Crippen LogP contribution in [0.4, 0.5) is 4.39 Å². The van der Waals surface area contributed by atoms with Crippen molar-refractivity contribution in [3.05, 3.63) is 47.5 Å². The zero-order valence-corrected chi connectivity index (χ0v) is 9.01. The number of hydrogen-bond donors (Lipinski definition) is 1. The van der Waals surface area contributed by atoms with Crippen LogP contribution in [0.15, 0.2) is 30.5 Å². The highest BCUT2D eigenvalue weighted by Gasteiger charge is 2.10. The van der Waals surface area contributed by atoms with Crippen molar-refractivity contribution in [1.82, 2.24) is 9.97 Å². The number of benzene rings is 1. The van der Waals surface area contributed by atoms with Gasteiger partial charge in [0.25, 0.3) is 0 Å². The van der Waals surface area contributed by atoms with Crippen LogP contribution < -0.4 is 0 Å². The minimum atomic E-state index is -1.06. The fourth-order valence-electron chi connectivity index (χ4n) is 1.42. The van der Waals surface area contributed by atoms with Gasteiger partial charge >= 0.3 is 5.97 Å². The zero-order chi connectivity index (χ0) is 12.4. The largest absolute Gasteiger partial charge is 0.478 e. The Morgan fingerprint density at radius 3 is 2.47 bits per heavy atom. The molecule has 0 amide bonds. The monoisotopic (exact) mass is 232 g/mol. The zero-order valence-electron chi connectivity index (χ0n) is 9.01. The first kappa shape index (κ1) is 11.2. The Balaban J connectivity index is 2.44. The van der Waals surface area contributed by atoms with Gasteiger partial charge < -0.3 is 5.11 Å². The maximum Gasteiger partial charge on any atom is 0.339 e. The van der Waals surface area contributed by atoms with E-state index in [0.29, 0.717) is 17.1 Å². The van der Waals surface area contributed by atoms with Crippen LogP contribution >= 0.6 is 0 Å². The first-order valence-corrected chi connectivity index (χ1v) is 4.91. The molecule has 0 bridgehead atoms. The summed E-state index contributed by atoms with van der Waals surface area (Å²) >= 11 is 0. The van der Waals surface area contributed by atoms with Gasteiger partial charge in [0.15, 0.2) is 5.82 Å². The number of aromatic nitrogens is 2. The number of aryl methyl sites for hydroxylation is 1. The number of hydrogen-bond acceptors (Lipinski definition) is 3. The Hall–Kier alpha value is -2.30. The average molecular weight is 232 g/mol. The molecule has 4 nitrogen and oxygen atoms in total. The van der Waals surface area contributed by atoms with Gasteiger partial charge in [-0.2, -0.15) is 0 Å². The molecule has 0 spiro atoms. The highest BCUT2D eigenvalue weighted by atomic mass is 19.1. The maximum atomic E-state index is 12.7. The third-order valence-corrected chi connectivity index (χ3v) is 2.31. The van der Waals surface area contributed by atoms with Gasteiger partial charge in [-0.1, -0.05) is 0 Å². The van der Waals surface area contributed by atoms with Crippen molar-refractivity contribution in [3.63, 3.8) is 0 Å². The van der Waals surface area contributed by atoms with Crippen molar-refractivity contribution in [3.8, 4) is 11.4 Å². The number of halogens is 1. The molecule has 2 aromatic rings. The predicted molar refractivity (Wildman–Crippen MR) is 59.1 cm³/mol. The molecule has 0 aliphatic rings. The third kappa shape index (κ3) is 2.28. The summed E-state index contributed by atoms with van der Waals surface area (Å²) in [5.74, 6) is -1.02. The standard InChI is InChI=1S/C12H9FN2O2/c1-7-10(12(16)17)6-14-11(15-7)8-2-4-9(13)5-3-8/h2-6H,1H3,(H,16,17). The topological polar surface area (TPSA) is 63.1 Å². The maximum absolute atomic E-state index is 12.7. The van der Waals surface area contributed by atoms with E-state index in [0.717, 1.165) is 0 Å². The van der Waals surface area contributed by atoms with Crippen molar-refractivity contribution >= 4 is 5.97 Å². The fourth-order valence-corrected chi connectivity index (χ4v) is 1.42. The number of carboxylic acids is 1. The Morgan fingerprint density at radius 1 is 1.29 bits per heavy atom. The Kier molecular flexibility index (Phi) is 2.82. The van der Waals surface area contributed by atoms with Crippen molar-refractivity contribution in [2.75, 3.05) is 0 Å². The summed E-state index contributed by atoms with van der Waals surface area (Å²) in [6.45, 7) is 1.60. The molecule has 1 aromatic carbocycles. The molecule has 5 heteroatoms. The Morgan fingerprint density at radius 2 is 1.94 bits per heavy atom. The first-order valence-electron chi connectivity index (χ1n) is 4.91. The van der Waals surface area contributed by atoms with Crippen molar-refractivity contribution in [2.45, 2.75) is 6.92 Å². The van der Waals surface area contributed by atoms with Crippen LogP contribution in [0.3, 0.4) is 0 Å². The SMILES string of the molecule is Cc1nc(-c2ccc(F)cc2)ncc1C(=O)O. The molecule has 1 heterocycles. The van der Waals surface area contributed by atoms with E-state index in [-0.39, 0.29) is 11.4 Å². The highest BCUT2D eigenvalue weighted by Crippen LogP contribution is 2.16. The second-order valence-corrected chi connectivity index (χ2v) is 3.50. The molecule has 0 fully saturated rings. The minimum absolute atomic E-state index is 0.0656. The van der Waals surface area contributed by atoms with Crippen LogP contribution in [0.1, 0.15) is 16.1 Å². The molecule has 0 radical (unpaired) electrons. The average Bonchev–Trinajstić information content (AvgIpc) is 2.29. The van der Waals surface area contributed by atoms with Gasteiger partial charge in [-0.25, -0.2) is 19.2 Å². The van der Waals surface area contributed by atoms with E-state index in [1.165, 1.54) is 18.3 Å². The van der Waals surface area contributed by atoms with Crippen molar-refractivity contribution in [1.29, 1.82) is 0 Å². The van der Waals surface area contributed by atoms with E-state index >= 15 is 0 Å². The molecule has 0 aliphatic heterocycles. The van der Waals surface area contributed by atoms with Crippen LogP contribution in [0.25, 0.3) is 11.4 Å². The molecular weight excluding hydrogens is 223 g/mol. The molecule has 86 valence electrons. The second kappa shape index (κ2) is 4.29. The Labute approximate surface area is 96.8 Å². The van der Waals surface area contributed by atoms with Gasteiger partial charge in [0.2, 0.25) is 0 Å². The predicted octanol–water partition coefficient (Wildman–Crippen LogP) is 2.29. The van der Waals surface area contributed by atoms with Crippen LogP contribution in [-0.2, 0) is 0 Å². The van der Waals surface area contributed by atoms with Crippen molar-refractivity contribution in [2.24, 2.45) is 0 Å². The van der Waals surface area contributed by atoms with Crippen molar-refractivity contribution < 1.29 is 14.3 Å². The summed E-state index contributed by atoms with van der Waals surface area (Å²) in [4.78, 5) is 18.8. The lowest BCUT2D eigenvalue weighted by Crippen LogP contribution is -2.04. The molecule has 17 heavy (non-hydrogen) atoms. The molecule has 0 atom stereocenters. The number of carboxylic acid groups (broad SMARTS) is 1. The normalized spacial score (nSPS) is 10.2.